The molecule has 0 saturated carbocycles. The first-order chi connectivity index (χ1) is 13.3. The quantitative estimate of drug-likeness (QED) is 0.483. The molecule has 1 N–H and O–H groups in total. The minimum atomic E-state index is 0.254. The SMILES string of the molecule is CCOCCOCCCCCCCCc1cnc(-c2ccc(O)cc2)nc1. The summed E-state index contributed by atoms with van der Waals surface area (Å²) in [6.45, 7) is 5.02. The molecular formula is C22H32N2O3. The number of rotatable bonds is 14. The van der Waals surface area contributed by atoms with Gasteiger partial charge in [0.15, 0.2) is 5.82 Å². The second-order valence-electron chi connectivity index (χ2n) is 6.64. The summed E-state index contributed by atoms with van der Waals surface area (Å²) in [5.74, 6) is 0.951. The third kappa shape index (κ3) is 8.98. The molecule has 1 heterocycles. The highest BCUT2D eigenvalue weighted by Gasteiger charge is 2.02. The van der Waals surface area contributed by atoms with Gasteiger partial charge in [0.05, 0.1) is 13.2 Å². The molecule has 0 saturated heterocycles. The Hall–Kier alpha value is -1.98. The van der Waals surface area contributed by atoms with Gasteiger partial charge in [-0.2, -0.15) is 0 Å². The van der Waals surface area contributed by atoms with Crippen LogP contribution in [0, 0.1) is 0 Å². The molecule has 0 atom stereocenters. The summed E-state index contributed by atoms with van der Waals surface area (Å²) in [4.78, 5) is 8.88. The molecule has 27 heavy (non-hydrogen) atoms. The second kappa shape index (κ2) is 13.2. The Morgan fingerprint density at radius 1 is 0.778 bits per heavy atom. The number of phenolic OH excluding ortho intramolecular Hbond substituents is 1. The number of hydrogen-bond donors (Lipinski definition) is 1. The zero-order chi connectivity index (χ0) is 19.2. The fraction of sp³-hybridized carbons (Fsp3) is 0.545. The molecule has 5 heteroatoms. The Kier molecular flexibility index (Phi) is 10.4. The summed E-state index contributed by atoms with van der Waals surface area (Å²) in [5, 5.41) is 9.34. The van der Waals surface area contributed by atoms with Crippen molar-refractivity contribution in [1.82, 2.24) is 9.97 Å². The van der Waals surface area contributed by atoms with Gasteiger partial charge in [0.2, 0.25) is 0 Å². The monoisotopic (exact) mass is 372 g/mol. The van der Waals surface area contributed by atoms with E-state index in [4.69, 9.17) is 9.47 Å². The van der Waals surface area contributed by atoms with Gasteiger partial charge in [0.1, 0.15) is 5.75 Å². The summed E-state index contributed by atoms with van der Waals surface area (Å²) >= 11 is 0. The van der Waals surface area contributed by atoms with Gasteiger partial charge in [0, 0.05) is 31.2 Å². The van der Waals surface area contributed by atoms with Crippen molar-refractivity contribution in [2.75, 3.05) is 26.4 Å². The number of aromatic hydroxyl groups is 1. The lowest BCUT2D eigenvalue weighted by Gasteiger charge is -2.05. The predicted octanol–water partition coefficient (Wildman–Crippen LogP) is 4.79. The van der Waals surface area contributed by atoms with Crippen LogP contribution in [-0.4, -0.2) is 41.5 Å². The van der Waals surface area contributed by atoms with Gasteiger partial charge in [-0.3, -0.25) is 0 Å². The number of unbranched alkanes of at least 4 members (excludes halogenated alkanes) is 5. The van der Waals surface area contributed by atoms with Gasteiger partial charge in [0.25, 0.3) is 0 Å². The second-order valence-corrected chi connectivity index (χ2v) is 6.64. The standard InChI is InChI=1S/C22H32N2O3/c1-2-26-15-16-27-14-8-6-4-3-5-7-9-19-17-23-22(24-18-19)20-10-12-21(25)13-11-20/h10-13,17-18,25H,2-9,14-16H2,1H3. The zero-order valence-electron chi connectivity index (χ0n) is 16.4. The van der Waals surface area contributed by atoms with Crippen LogP contribution in [-0.2, 0) is 15.9 Å². The maximum absolute atomic E-state index is 9.34. The smallest absolute Gasteiger partial charge is 0.159 e. The molecule has 0 fully saturated rings. The van der Waals surface area contributed by atoms with Crippen LogP contribution < -0.4 is 0 Å². The molecule has 0 aliphatic carbocycles. The maximum atomic E-state index is 9.34. The van der Waals surface area contributed by atoms with Gasteiger partial charge < -0.3 is 14.6 Å². The van der Waals surface area contributed by atoms with E-state index in [0.717, 1.165) is 31.6 Å². The number of nitrogens with zero attached hydrogens (tertiary/aromatic N) is 2. The molecule has 1 aromatic heterocycles. The lowest BCUT2D eigenvalue weighted by atomic mass is 10.1. The molecule has 0 unspecified atom stereocenters. The van der Waals surface area contributed by atoms with Crippen molar-refractivity contribution in [2.45, 2.75) is 51.9 Å². The van der Waals surface area contributed by atoms with E-state index in [2.05, 4.69) is 9.97 Å². The van der Waals surface area contributed by atoms with E-state index >= 15 is 0 Å². The Morgan fingerprint density at radius 3 is 2.11 bits per heavy atom. The predicted molar refractivity (Wildman–Crippen MR) is 108 cm³/mol. The minimum absolute atomic E-state index is 0.254. The molecule has 5 nitrogen and oxygen atoms in total. The van der Waals surface area contributed by atoms with Crippen LogP contribution in [0.25, 0.3) is 11.4 Å². The van der Waals surface area contributed by atoms with E-state index in [-0.39, 0.29) is 5.75 Å². The van der Waals surface area contributed by atoms with Crippen molar-refractivity contribution < 1.29 is 14.6 Å². The fourth-order valence-corrected chi connectivity index (χ4v) is 2.85. The minimum Gasteiger partial charge on any atom is -0.508 e. The molecule has 0 amide bonds. The molecule has 0 spiro atoms. The Labute approximate surface area is 162 Å². The molecule has 0 radical (unpaired) electrons. The van der Waals surface area contributed by atoms with E-state index in [1.807, 2.05) is 31.5 Å². The number of phenols is 1. The van der Waals surface area contributed by atoms with Gasteiger partial charge in [-0.15, -0.1) is 0 Å². The van der Waals surface area contributed by atoms with Crippen LogP contribution in [0.4, 0.5) is 0 Å². The summed E-state index contributed by atoms with van der Waals surface area (Å²) in [7, 11) is 0. The van der Waals surface area contributed by atoms with Crippen molar-refractivity contribution in [3.05, 3.63) is 42.2 Å². The van der Waals surface area contributed by atoms with Crippen LogP contribution in [0.5, 0.6) is 5.75 Å². The van der Waals surface area contributed by atoms with Crippen LogP contribution in [0.1, 0.15) is 51.0 Å². The number of hydrogen-bond acceptors (Lipinski definition) is 5. The molecule has 1 aromatic carbocycles. The molecule has 0 aliphatic rings. The Balaban J connectivity index is 1.50. The number of benzene rings is 1. The van der Waals surface area contributed by atoms with E-state index in [0.29, 0.717) is 19.0 Å². The molecule has 2 rings (SSSR count). The van der Waals surface area contributed by atoms with Gasteiger partial charge in [-0.25, -0.2) is 9.97 Å². The summed E-state index contributed by atoms with van der Waals surface area (Å²) in [5.41, 5.74) is 2.10. The highest BCUT2D eigenvalue weighted by Crippen LogP contribution is 2.18. The lowest BCUT2D eigenvalue weighted by molar-refractivity contribution is 0.0512. The average molecular weight is 373 g/mol. The largest absolute Gasteiger partial charge is 0.508 e. The fourth-order valence-electron chi connectivity index (χ4n) is 2.85. The van der Waals surface area contributed by atoms with Crippen molar-refractivity contribution in [3.8, 4) is 17.1 Å². The Morgan fingerprint density at radius 2 is 1.41 bits per heavy atom. The highest BCUT2D eigenvalue weighted by atomic mass is 16.5. The van der Waals surface area contributed by atoms with Crippen LogP contribution in [0.2, 0.25) is 0 Å². The lowest BCUT2D eigenvalue weighted by Crippen LogP contribution is -2.04. The van der Waals surface area contributed by atoms with Gasteiger partial charge in [-0.1, -0.05) is 25.7 Å². The molecule has 0 bridgehead atoms. The third-order valence-electron chi connectivity index (χ3n) is 4.41. The molecule has 0 aliphatic heterocycles. The van der Waals surface area contributed by atoms with Crippen molar-refractivity contribution in [2.24, 2.45) is 0 Å². The van der Waals surface area contributed by atoms with E-state index < -0.39 is 0 Å². The first-order valence-electron chi connectivity index (χ1n) is 10.1. The summed E-state index contributed by atoms with van der Waals surface area (Å²) in [6, 6.07) is 6.96. The van der Waals surface area contributed by atoms with Crippen molar-refractivity contribution in [1.29, 1.82) is 0 Å². The highest BCUT2D eigenvalue weighted by molar-refractivity contribution is 5.55. The number of aromatic nitrogens is 2. The van der Waals surface area contributed by atoms with Gasteiger partial charge >= 0.3 is 0 Å². The first kappa shape index (κ1) is 21.3. The topological polar surface area (TPSA) is 64.5 Å². The molecular weight excluding hydrogens is 340 g/mol. The summed E-state index contributed by atoms with van der Waals surface area (Å²) < 4.78 is 10.7. The normalized spacial score (nSPS) is 11.0. The van der Waals surface area contributed by atoms with E-state index in [9.17, 15) is 5.11 Å². The van der Waals surface area contributed by atoms with E-state index in [1.54, 1.807) is 12.1 Å². The molecule has 148 valence electrons. The third-order valence-corrected chi connectivity index (χ3v) is 4.41. The van der Waals surface area contributed by atoms with Crippen LogP contribution in [0.15, 0.2) is 36.7 Å². The van der Waals surface area contributed by atoms with Gasteiger partial charge in [-0.05, 0) is 56.0 Å². The first-order valence-corrected chi connectivity index (χ1v) is 10.1. The average Bonchev–Trinajstić information content (AvgIpc) is 2.70. The number of ether oxygens (including phenoxy) is 2. The zero-order valence-corrected chi connectivity index (χ0v) is 16.4. The molecule has 2 aromatic rings. The number of aryl methyl sites for hydroxylation is 1. The van der Waals surface area contributed by atoms with E-state index in [1.165, 1.54) is 37.7 Å². The van der Waals surface area contributed by atoms with Crippen LogP contribution in [0.3, 0.4) is 0 Å². The van der Waals surface area contributed by atoms with Crippen molar-refractivity contribution in [3.63, 3.8) is 0 Å². The van der Waals surface area contributed by atoms with Crippen LogP contribution >= 0.6 is 0 Å². The summed E-state index contributed by atoms with van der Waals surface area (Å²) in [6.07, 6.45) is 12.2. The maximum Gasteiger partial charge on any atom is 0.159 e. The van der Waals surface area contributed by atoms with Crippen molar-refractivity contribution >= 4 is 0 Å². The Bertz CT molecular complexity index is 614.